The lowest BCUT2D eigenvalue weighted by Gasteiger charge is -2.21. The van der Waals surface area contributed by atoms with Gasteiger partial charge in [0.2, 0.25) is 0 Å². The predicted molar refractivity (Wildman–Crippen MR) is 196 cm³/mol. The summed E-state index contributed by atoms with van der Waals surface area (Å²) in [7, 11) is 0. The Morgan fingerprint density at radius 2 is 1.06 bits per heavy atom. The fourth-order valence-corrected chi connectivity index (χ4v) is 8.49. The summed E-state index contributed by atoms with van der Waals surface area (Å²) in [6.45, 7) is 4.61. The second-order valence-electron chi connectivity index (χ2n) is 13.5. The van der Waals surface area contributed by atoms with Gasteiger partial charge in [-0.1, -0.05) is 123 Å². The lowest BCUT2D eigenvalue weighted by Crippen LogP contribution is -2.14. The molecule has 1 aliphatic rings. The number of furan rings is 1. The first-order chi connectivity index (χ1) is 23.6. The van der Waals surface area contributed by atoms with Crippen LogP contribution >= 0.6 is 0 Å². The van der Waals surface area contributed by atoms with Gasteiger partial charge in [-0.15, -0.1) is 0 Å². The van der Waals surface area contributed by atoms with Gasteiger partial charge in [0.25, 0.3) is 0 Å². The molecule has 224 valence electrons. The summed E-state index contributed by atoms with van der Waals surface area (Å²) in [5, 5.41) is 9.52. The summed E-state index contributed by atoms with van der Waals surface area (Å²) in [5.74, 6) is 1.97. The van der Waals surface area contributed by atoms with E-state index >= 15 is 0 Å². The van der Waals surface area contributed by atoms with E-state index in [9.17, 15) is 0 Å². The third kappa shape index (κ3) is 3.26. The number of rotatable bonds is 3. The van der Waals surface area contributed by atoms with Crippen molar-refractivity contribution in [1.29, 1.82) is 0 Å². The molecule has 0 N–H and O–H groups in total. The van der Waals surface area contributed by atoms with Crippen molar-refractivity contribution in [2.45, 2.75) is 19.3 Å². The zero-order valence-electron chi connectivity index (χ0n) is 26.4. The van der Waals surface area contributed by atoms with Crippen LogP contribution in [0.1, 0.15) is 25.0 Å². The topological polar surface area (TPSA) is 51.8 Å². The van der Waals surface area contributed by atoms with E-state index in [0.717, 1.165) is 38.6 Å². The Kier molecular flexibility index (Phi) is 4.88. The minimum atomic E-state index is -0.130. The quantitative estimate of drug-likeness (QED) is 0.147. The highest BCUT2D eigenvalue weighted by molar-refractivity contribution is 6.40. The maximum Gasteiger partial charge on any atom is 0.164 e. The van der Waals surface area contributed by atoms with Crippen LogP contribution in [-0.2, 0) is 5.41 Å². The molecular weight excluding hydrogens is 587 g/mol. The second-order valence-corrected chi connectivity index (χ2v) is 13.5. The fourth-order valence-electron chi connectivity index (χ4n) is 8.49. The van der Waals surface area contributed by atoms with Crippen LogP contribution in [0.5, 0.6) is 0 Å². The maximum atomic E-state index is 6.51. The first kappa shape index (κ1) is 26.0. The number of hydrogen-bond acceptors (Lipinski definition) is 4. The molecule has 0 aliphatic heterocycles. The number of fused-ring (bicyclic) bond motifs is 4. The van der Waals surface area contributed by atoms with Gasteiger partial charge >= 0.3 is 0 Å². The minimum absolute atomic E-state index is 0.130. The monoisotopic (exact) mass is 613 g/mol. The Hall–Kier alpha value is -6.13. The zero-order valence-corrected chi connectivity index (χ0v) is 26.4. The van der Waals surface area contributed by atoms with Crippen LogP contribution in [0, 0.1) is 0 Å². The van der Waals surface area contributed by atoms with Crippen molar-refractivity contribution < 1.29 is 4.42 Å². The Morgan fingerprint density at radius 1 is 0.438 bits per heavy atom. The first-order valence-corrected chi connectivity index (χ1v) is 16.5. The molecule has 0 atom stereocenters. The van der Waals surface area contributed by atoms with Gasteiger partial charge in [-0.25, -0.2) is 15.0 Å². The van der Waals surface area contributed by atoms with Gasteiger partial charge in [0.1, 0.15) is 11.2 Å². The summed E-state index contributed by atoms with van der Waals surface area (Å²) in [6, 6.07) is 45.0. The van der Waals surface area contributed by atoms with Gasteiger partial charge in [-0.2, -0.15) is 0 Å². The van der Waals surface area contributed by atoms with Gasteiger partial charge in [0.15, 0.2) is 17.5 Å². The average molecular weight is 614 g/mol. The lowest BCUT2D eigenvalue weighted by atomic mass is 9.82. The summed E-state index contributed by atoms with van der Waals surface area (Å²) >= 11 is 0. The zero-order chi connectivity index (χ0) is 31.7. The normalized spacial score (nSPS) is 13.8. The van der Waals surface area contributed by atoms with Crippen molar-refractivity contribution in [1.82, 2.24) is 15.0 Å². The molecule has 2 heterocycles. The molecule has 2 aromatic heterocycles. The van der Waals surface area contributed by atoms with Crippen LogP contribution in [0.3, 0.4) is 0 Å². The van der Waals surface area contributed by atoms with Crippen LogP contribution in [0.25, 0.3) is 99.5 Å². The van der Waals surface area contributed by atoms with Gasteiger partial charge < -0.3 is 4.42 Å². The molecule has 4 nitrogen and oxygen atoms in total. The summed E-state index contributed by atoms with van der Waals surface area (Å²) in [6.07, 6.45) is 0. The summed E-state index contributed by atoms with van der Waals surface area (Å²) in [4.78, 5) is 15.8. The number of hydrogen-bond donors (Lipinski definition) is 0. The number of aromatic nitrogens is 3. The molecule has 0 unspecified atom stereocenters. The predicted octanol–water partition coefficient (Wildman–Crippen LogP) is 11.4. The molecule has 1 aliphatic carbocycles. The fraction of sp³-hybridized carbons (Fsp3) is 0.0682. The summed E-state index contributed by atoms with van der Waals surface area (Å²) < 4.78 is 6.51. The van der Waals surface area contributed by atoms with E-state index in [1.807, 2.05) is 18.2 Å². The Morgan fingerprint density at radius 3 is 1.92 bits per heavy atom. The van der Waals surface area contributed by atoms with Crippen molar-refractivity contribution in [2.24, 2.45) is 0 Å². The molecule has 0 bridgehead atoms. The summed E-state index contributed by atoms with van der Waals surface area (Å²) in [5.41, 5.74) is 9.64. The Balaban J connectivity index is 1.27. The average Bonchev–Trinajstić information content (AvgIpc) is 3.63. The number of nitrogens with zero attached hydrogens (tertiary/aromatic N) is 3. The first-order valence-electron chi connectivity index (χ1n) is 16.5. The minimum Gasteiger partial charge on any atom is -0.456 e. The van der Waals surface area contributed by atoms with Crippen molar-refractivity contribution in [3.63, 3.8) is 0 Å². The highest BCUT2D eigenvalue weighted by Crippen LogP contribution is 2.52. The van der Waals surface area contributed by atoms with Gasteiger partial charge in [0, 0.05) is 43.7 Å². The highest BCUT2D eigenvalue weighted by Gasteiger charge is 2.37. The molecular formula is C44H27N3O. The van der Waals surface area contributed by atoms with Crippen LogP contribution in [0.2, 0.25) is 0 Å². The highest BCUT2D eigenvalue weighted by atomic mass is 16.3. The van der Waals surface area contributed by atoms with Crippen LogP contribution in [-0.4, -0.2) is 15.0 Å². The van der Waals surface area contributed by atoms with E-state index in [-0.39, 0.29) is 5.41 Å². The molecule has 4 heteroatoms. The smallest absolute Gasteiger partial charge is 0.164 e. The van der Waals surface area contributed by atoms with E-state index < -0.39 is 0 Å². The van der Waals surface area contributed by atoms with E-state index in [2.05, 4.69) is 123 Å². The van der Waals surface area contributed by atoms with Crippen LogP contribution in [0.4, 0.5) is 0 Å². The standard InChI is InChI=1S/C44H27N3O/c1-44(2)31-16-7-6-13-27(31)37-29(15-9-17-32(37)44)42-45-41(26-10-4-3-5-11-26)46-43(47-42)30-21-23-34-40-38(30)28-14-8-12-24-18-19-25-20-22-33(48-34)39(40)36(25)35(24)28/h3-23H,1-2H3. The van der Waals surface area contributed by atoms with Gasteiger partial charge in [-0.3, -0.25) is 0 Å². The van der Waals surface area contributed by atoms with Gasteiger partial charge in [-0.05, 0) is 62.0 Å². The molecule has 0 saturated heterocycles. The lowest BCUT2D eigenvalue weighted by molar-refractivity contribution is 0.660. The Labute approximate surface area is 276 Å². The van der Waals surface area contributed by atoms with Gasteiger partial charge in [0.05, 0.1) is 0 Å². The molecule has 0 radical (unpaired) electrons. The molecule has 10 aromatic rings. The van der Waals surface area contributed by atoms with Crippen molar-refractivity contribution in [2.75, 3.05) is 0 Å². The van der Waals surface area contributed by atoms with Crippen molar-refractivity contribution in [3.8, 4) is 45.3 Å². The molecule has 11 rings (SSSR count). The van der Waals surface area contributed by atoms with E-state index in [1.54, 1.807) is 0 Å². The van der Waals surface area contributed by atoms with Crippen LogP contribution in [0.15, 0.2) is 132 Å². The second kappa shape index (κ2) is 9.02. The number of benzene rings is 8. The van der Waals surface area contributed by atoms with Crippen molar-refractivity contribution >= 4 is 54.3 Å². The molecule has 0 amide bonds. The Bertz CT molecular complexity index is 2910. The van der Waals surface area contributed by atoms with E-state index in [0.29, 0.717) is 17.5 Å². The third-order valence-electron chi connectivity index (χ3n) is 10.7. The molecule has 0 fully saturated rings. The third-order valence-corrected chi connectivity index (χ3v) is 10.7. The molecule has 0 saturated carbocycles. The maximum absolute atomic E-state index is 6.51. The van der Waals surface area contributed by atoms with E-state index in [4.69, 9.17) is 19.4 Å². The largest absolute Gasteiger partial charge is 0.456 e. The molecule has 48 heavy (non-hydrogen) atoms. The van der Waals surface area contributed by atoms with Crippen molar-refractivity contribution in [3.05, 3.63) is 139 Å². The SMILES string of the molecule is CC1(C)c2ccccc2-c2c(-c3nc(-c4ccccc4)nc(-c4ccc5oc6ccc7ccc8cccc9c4c5c6c7c89)n3)cccc21. The van der Waals surface area contributed by atoms with E-state index in [1.165, 1.54) is 54.6 Å². The molecule has 0 spiro atoms. The molecule has 8 aromatic carbocycles. The van der Waals surface area contributed by atoms with Crippen LogP contribution < -0.4 is 0 Å².